The number of aliphatic hydroxyl groups is 1. The summed E-state index contributed by atoms with van der Waals surface area (Å²) in [4.78, 5) is 35.2. The zero-order valence-electron chi connectivity index (χ0n) is 15.9. The van der Waals surface area contributed by atoms with Crippen molar-refractivity contribution in [2.45, 2.75) is 32.6 Å². The zero-order chi connectivity index (χ0) is 19.2. The highest BCUT2D eigenvalue weighted by Gasteiger charge is 2.40. The lowest BCUT2D eigenvalue weighted by molar-refractivity contribution is -0.867. The van der Waals surface area contributed by atoms with Gasteiger partial charge in [-0.2, -0.15) is 0 Å². The first-order valence-electron chi connectivity index (χ1n) is 8.63. The first-order chi connectivity index (χ1) is 11.6. The summed E-state index contributed by atoms with van der Waals surface area (Å²) in [5, 5.41) is 9.80. The van der Waals surface area contributed by atoms with E-state index in [1.54, 1.807) is 6.92 Å². The Labute approximate surface area is 166 Å². The number of halogens is 2. The van der Waals surface area contributed by atoms with Crippen LogP contribution in [0.4, 0.5) is 0 Å². The topological polar surface area (TPSA) is 80.7 Å². The quantitative estimate of drug-likeness (QED) is 0.161. The fourth-order valence-corrected chi connectivity index (χ4v) is 2.91. The van der Waals surface area contributed by atoms with Gasteiger partial charge >= 0.3 is 5.97 Å². The normalized spacial score (nSPS) is 19.9. The van der Waals surface area contributed by atoms with Crippen LogP contribution in [0.3, 0.4) is 0 Å². The van der Waals surface area contributed by atoms with Crippen molar-refractivity contribution in [1.29, 1.82) is 0 Å². The Morgan fingerprint density at radius 1 is 1.15 bits per heavy atom. The van der Waals surface area contributed by atoms with Crippen LogP contribution in [0.5, 0.6) is 0 Å². The number of hydrogen-bond donors (Lipinski definition) is 1. The fraction of sp³-hybridized carbons (Fsp3) is 0.722. The summed E-state index contributed by atoms with van der Waals surface area (Å²) < 4.78 is 5.77. The van der Waals surface area contributed by atoms with Gasteiger partial charge in [-0.05, 0) is 19.8 Å². The van der Waals surface area contributed by atoms with Gasteiger partial charge in [0.1, 0.15) is 5.76 Å². The molecule has 0 heterocycles. The summed E-state index contributed by atoms with van der Waals surface area (Å²) in [6, 6.07) is 0. The number of quaternary nitrogens is 1. The first-order valence-corrected chi connectivity index (χ1v) is 9.16. The number of carbonyl (C=O) groups excluding carboxylic acids is 3. The molecule has 0 amide bonds. The average Bonchev–Trinajstić information content (AvgIpc) is 3.30. The molecule has 2 fully saturated rings. The number of ether oxygens (including phenoxy) is 1. The molecule has 2 aliphatic carbocycles. The molecule has 0 saturated heterocycles. The average molecular weight is 410 g/mol. The molecule has 26 heavy (non-hydrogen) atoms. The second-order valence-corrected chi connectivity index (χ2v) is 7.82. The van der Waals surface area contributed by atoms with E-state index in [1.165, 1.54) is 0 Å². The standard InChI is InChI=1S/C13H16O5.C5H13ClN.ClH/c1-2-18-13(17)8-5-9(14)11(10(15)6-8)12(16)7-3-4-7;1-7(2,3)5-4-6;/h7-8,16H,2-6H2,1H3;4-5H2,1-3H3;1H/q;+1;/p-1. The van der Waals surface area contributed by atoms with Crippen LogP contribution in [-0.2, 0) is 19.1 Å². The maximum Gasteiger partial charge on any atom is 0.309 e. The molecule has 0 unspecified atom stereocenters. The number of carbonyl (C=O) groups is 3. The molecule has 1 N–H and O–H groups in total. The van der Waals surface area contributed by atoms with Crippen molar-refractivity contribution in [3.63, 3.8) is 0 Å². The second kappa shape index (κ2) is 10.9. The van der Waals surface area contributed by atoms with Crippen LogP contribution in [0, 0.1) is 11.8 Å². The third-order valence-corrected chi connectivity index (χ3v) is 4.19. The summed E-state index contributed by atoms with van der Waals surface area (Å²) >= 11 is 5.47. The minimum atomic E-state index is -0.694. The van der Waals surface area contributed by atoms with Gasteiger partial charge in [-0.15, -0.1) is 11.6 Å². The molecular formula is C18H29Cl2NO5. The van der Waals surface area contributed by atoms with Crippen LogP contribution in [-0.4, -0.2) is 67.3 Å². The Bertz CT molecular complexity index is 530. The van der Waals surface area contributed by atoms with E-state index in [2.05, 4.69) is 21.1 Å². The largest absolute Gasteiger partial charge is 1.00 e. The van der Waals surface area contributed by atoms with Crippen LogP contribution < -0.4 is 12.4 Å². The number of aliphatic hydroxyl groups excluding tert-OH is 1. The summed E-state index contributed by atoms with van der Waals surface area (Å²) in [6.07, 6.45) is 1.54. The Balaban J connectivity index is 0.000000673. The third kappa shape index (κ3) is 8.06. The molecule has 0 aromatic heterocycles. The van der Waals surface area contributed by atoms with E-state index in [9.17, 15) is 19.5 Å². The molecule has 8 heteroatoms. The molecule has 0 spiro atoms. The van der Waals surface area contributed by atoms with Crippen molar-refractivity contribution in [1.82, 2.24) is 0 Å². The lowest BCUT2D eigenvalue weighted by Gasteiger charge is -2.21. The predicted octanol–water partition coefficient (Wildman–Crippen LogP) is -0.745. The van der Waals surface area contributed by atoms with E-state index in [4.69, 9.17) is 16.3 Å². The van der Waals surface area contributed by atoms with E-state index >= 15 is 0 Å². The zero-order valence-corrected chi connectivity index (χ0v) is 17.4. The summed E-state index contributed by atoms with van der Waals surface area (Å²) in [5.41, 5.74) is -0.0851. The monoisotopic (exact) mass is 409 g/mol. The van der Waals surface area contributed by atoms with Crippen LogP contribution in [0.1, 0.15) is 32.6 Å². The molecule has 2 saturated carbocycles. The number of ketones is 2. The molecule has 150 valence electrons. The van der Waals surface area contributed by atoms with Gasteiger partial charge in [0, 0.05) is 18.8 Å². The summed E-state index contributed by atoms with van der Waals surface area (Å²) in [6.45, 7) is 2.95. The highest BCUT2D eigenvalue weighted by molar-refractivity contribution is 6.23. The SMILES string of the molecule is CCOC(=O)C1CC(=O)C(=C(O)C2CC2)C(=O)C1.C[N+](C)(C)CCCl.[Cl-]. The molecule has 0 atom stereocenters. The minimum absolute atomic E-state index is 0. The Morgan fingerprint density at radius 3 is 1.96 bits per heavy atom. The van der Waals surface area contributed by atoms with Gasteiger partial charge in [0.15, 0.2) is 11.6 Å². The lowest BCUT2D eigenvalue weighted by Crippen LogP contribution is -3.00. The van der Waals surface area contributed by atoms with Crippen molar-refractivity contribution in [3.8, 4) is 0 Å². The van der Waals surface area contributed by atoms with Gasteiger partial charge in [0.05, 0.1) is 51.7 Å². The van der Waals surface area contributed by atoms with E-state index in [1.807, 2.05) is 0 Å². The maximum absolute atomic E-state index is 11.9. The molecule has 2 rings (SSSR count). The molecule has 0 aliphatic heterocycles. The number of allylic oxidation sites excluding steroid dienone is 2. The van der Waals surface area contributed by atoms with Crippen molar-refractivity contribution in [3.05, 3.63) is 11.3 Å². The maximum atomic E-state index is 11.9. The number of Topliss-reactive ketones (excluding diaryl/α,β-unsaturated/α-hetero) is 2. The van der Waals surface area contributed by atoms with Gasteiger partial charge in [0.2, 0.25) is 0 Å². The number of alkyl halides is 1. The number of esters is 1. The second-order valence-electron chi connectivity index (χ2n) is 7.44. The highest BCUT2D eigenvalue weighted by atomic mass is 35.5. The van der Waals surface area contributed by atoms with Crippen LogP contribution in [0.2, 0.25) is 0 Å². The molecule has 0 bridgehead atoms. The van der Waals surface area contributed by atoms with Gasteiger partial charge in [-0.3, -0.25) is 14.4 Å². The molecule has 6 nitrogen and oxygen atoms in total. The van der Waals surface area contributed by atoms with Crippen LogP contribution in [0.25, 0.3) is 0 Å². The van der Waals surface area contributed by atoms with E-state index < -0.39 is 23.5 Å². The van der Waals surface area contributed by atoms with Crippen molar-refractivity contribution < 1.29 is 41.1 Å². The van der Waals surface area contributed by atoms with Crippen LogP contribution in [0.15, 0.2) is 11.3 Å². The predicted molar refractivity (Wildman–Crippen MR) is 95.4 cm³/mol. The molecule has 0 aromatic carbocycles. The van der Waals surface area contributed by atoms with E-state index in [0.29, 0.717) is 0 Å². The third-order valence-electron chi connectivity index (χ3n) is 4.02. The molecular weight excluding hydrogens is 381 g/mol. The van der Waals surface area contributed by atoms with Gasteiger partial charge in [-0.25, -0.2) is 0 Å². The van der Waals surface area contributed by atoms with Gasteiger partial charge < -0.3 is 26.7 Å². The van der Waals surface area contributed by atoms with Crippen molar-refractivity contribution in [2.24, 2.45) is 11.8 Å². The minimum Gasteiger partial charge on any atom is -1.00 e. The summed E-state index contributed by atoms with van der Waals surface area (Å²) in [5.74, 6) is -1.43. The first kappa shape index (κ1) is 24.9. The molecule has 0 radical (unpaired) electrons. The van der Waals surface area contributed by atoms with E-state index in [0.717, 1.165) is 29.7 Å². The number of rotatable bonds is 5. The smallest absolute Gasteiger partial charge is 0.309 e. The van der Waals surface area contributed by atoms with E-state index in [-0.39, 0.29) is 49.1 Å². The Kier molecular flexibility index (Phi) is 10.4. The number of nitrogens with zero attached hydrogens (tertiary/aromatic N) is 1. The summed E-state index contributed by atoms with van der Waals surface area (Å²) in [7, 11) is 6.38. The highest BCUT2D eigenvalue weighted by Crippen LogP contribution is 2.38. The lowest BCUT2D eigenvalue weighted by atomic mass is 9.82. The molecule has 2 aliphatic rings. The number of hydrogen-bond acceptors (Lipinski definition) is 5. The van der Waals surface area contributed by atoms with Crippen LogP contribution >= 0.6 is 11.6 Å². The van der Waals surface area contributed by atoms with Gasteiger partial charge in [-0.1, -0.05) is 0 Å². The van der Waals surface area contributed by atoms with Crippen molar-refractivity contribution >= 4 is 29.1 Å². The van der Waals surface area contributed by atoms with Crippen molar-refractivity contribution in [2.75, 3.05) is 40.2 Å². The fourth-order valence-electron chi connectivity index (χ4n) is 2.41. The van der Waals surface area contributed by atoms with Gasteiger partial charge in [0.25, 0.3) is 0 Å². The Hall–Kier alpha value is -1.11. The Morgan fingerprint density at radius 2 is 1.65 bits per heavy atom. The molecule has 0 aromatic rings.